The molecule has 3 atom stereocenters. The molecule has 1 heterocycles. The second-order valence-corrected chi connectivity index (χ2v) is 3.55. The van der Waals surface area contributed by atoms with Crippen molar-refractivity contribution in [2.45, 2.75) is 18.9 Å². The molecule has 1 N–H and O–H groups in total. The van der Waals surface area contributed by atoms with E-state index in [1.54, 1.807) is 7.11 Å². The molecule has 0 spiro atoms. The van der Waals surface area contributed by atoms with Gasteiger partial charge in [0.25, 0.3) is 0 Å². The van der Waals surface area contributed by atoms with Gasteiger partial charge in [0, 0.05) is 19.8 Å². The molecule has 10 heavy (non-hydrogen) atoms. The highest BCUT2D eigenvalue weighted by molar-refractivity contribution is 4.94. The van der Waals surface area contributed by atoms with Gasteiger partial charge in [0.1, 0.15) is 0 Å². The fraction of sp³-hybridized carbons (Fsp3) is 1.00. The number of hydrogen-bond acceptors (Lipinski definition) is 2. The summed E-state index contributed by atoms with van der Waals surface area (Å²) in [7, 11) is 1.80. The minimum Gasteiger partial charge on any atom is -0.384 e. The lowest BCUT2D eigenvalue weighted by atomic mass is 9.96. The molecule has 2 aliphatic rings. The second-order valence-electron chi connectivity index (χ2n) is 3.55. The van der Waals surface area contributed by atoms with E-state index in [9.17, 15) is 0 Å². The van der Waals surface area contributed by atoms with E-state index in [2.05, 4.69) is 5.32 Å². The van der Waals surface area contributed by atoms with Crippen molar-refractivity contribution in [2.24, 2.45) is 11.8 Å². The molecule has 0 radical (unpaired) electrons. The first-order valence-electron chi connectivity index (χ1n) is 4.12. The van der Waals surface area contributed by atoms with Crippen molar-refractivity contribution in [3.8, 4) is 0 Å². The summed E-state index contributed by atoms with van der Waals surface area (Å²) in [5.74, 6) is 1.78. The van der Waals surface area contributed by atoms with Crippen LogP contribution in [-0.2, 0) is 4.74 Å². The van der Waals surface area contributed by atoms with Crippen LogP contribution in [0.4, 0.5) is 0 Å². The van der Waals surface area contributed by atoms with Gasteiger partial charge in [-0.05, 0) is 31.2 Å². The van der Waals surface area contributed by atoms with Crippen molar-refractivity contribution in [1.82, 2.24) is 5.32 Å². The smallest absolute Gasteiger partial charge is 0.0494 e. The topological polar surface area (TPSA) is 21.3 Å². The summed E-state index contributed by atoms with van der Waals surface area (Å²) >= 11 is 0. The van der Waals surface area contributed by atoms with Crippen molar-refractivity contribution in [3.05, 3.63) is 0 Å². The number of fused-ring (bicyclic) bond motifs is 2. The summed E-state index contributed by atoms with van der Waals surface area (Å²) in [6, 6.07) is 0.824. The molecule has 58 valence electrons. The molecule has 1 aliphatic carbocycles. The molecular formula is C8H15NO. The van der Waals surface area contributed by atoms with Crippen molar-refractivity contribution in [1.29, 1.82) is 0 Å². The molecule has 0 amide bonds. The van der Waals surface area contributed by atoms with E-state index in [1.807, 2.05) is 0 Å². The lowest BCUT2D eigenvalue weighted by Crippen LogP contribution is -2.31. The largest absolute Gasteiger partial charge is 0.384 e. The van der Waals surface area contributed by atoms with Gasteiger partial charge in [-0.1, -0.05) is 0 Å². The Labute approximate surface area is 61.9 Å². The molecule has 1 saturated heterocycles. The average Bonchev–Trinajstić information content (AvgIpc) is 2.48. The molecule has 1 saturated carbocycles. The van der Waals surface area contributed by atoms with Crippen LogP contribution < -0.4 is 5.32 Å². The molecule has 2 bridgehead atoms. The van der Waals surface area contributed by atoms with Crippen LogP contribution in [0.5, 0.6) is 0 Å². The Morgan fingerprint density at radius 1 is 1.50 bits per heavy atom. The first kappa shape index (κ1) is 6.62. The Morgan fingerprint density at radius 3 is 2.90 bits per heavy atom. The zero-order valence-electron chi connectivity index (χ0n) is 6.47. The van der Waals surface area contributed by atoms with Crippen LogP contribution in [0.2, 0.25) is 0 Å². The van der Waals surface area contributed by atoms with Gasteiger partial charge in [-0.2, -0.15) is 0 Å². The SMILES string of the molecule is COCC1CC2CC1CN2. The van der Waals surface area contributed by atoms with E-state index >= 15 is 0 Å². The van der Waals surface area contributed by atoms with Crippen molar-refractivity contribution < 1.29 is 4.74 Å². The summed E-state index contributed by atoms with van der Waals surface area (Å²) in [6.45, 7) is 2.21. The number of rotatable bonds is 2. The van der Waals surface area contributed by atoms with Crippen LogP contribution >= 0.6 is 0 Å². The third kappa shape index (κ3) is 0.956. The minimum atomic E-state index is 0.824. The summed E-state index contributed by atoms with van der Waals surface area (Å²) < 4.78 is 5.15. The Bertz CT molecular complexity index is 126. The lowest BCUT2D eigenvalue weighted by molar-refractivity contribution is 0.126. The Morgan fingerprint density at radius 2 is 2.40 bits per heavy atom. The van der Waals surface area contributed by atoms with E-state index < -0.39 is 0 Å². The molecule has 2 heteroatoms. The predicted octanol–water partition coefficient (Wildman–Crippen LogP) is 0.631. The van der Waals surface area contributed by atoms with Gasteiger partial charge < -0.3 is 10.1 Å². The summed E-state index contributed by atoms with van der Waals surface area (Å²) in [6.07, 6.45) is 2.74. The Hall–Kier alpha value is -0.0800. The normalized spacial score (nSPS) is 44.7. The van der Waals surface area contributed by atoms with Crippen molar-refractivity contribution in [2.75, 3.05) is 20.3 Å². The monoisotopic (exact) mass is 141 g/mol. The van der Waals surface area contributed by atoms with E-state index in [0.29, 0.717) is 0 Å². The molecule has 3 unspecified atom stereocenters. The third-order valence-corrected chi connectivity index (χ3v) is 2.89. The molecule has 1 aliphatic heterocycles. The zero-order chi connectivity index (χ0) is 6.97. The summed E-state index contributed by atoms with van der Waals surface area (Å²) in [5.41, 5.74) is 0. The maximum absolute atomic E-state index is 5.15. The summed E-state index contributed by atoms with van der Waals surface area (Å²) in [4.78, 5) is 0. The molecule has 0 aromatic heterocycles. The van der Waals surface area contributed by atoms with Crippen LogP contribution in [-0.4, -0.2) is 26.3 Å². The highest BCUT2D eigenvalue weighted by atomic mass is 16.5. The first-order valence-corrected chi connectivity index (χ1v) is 4.12. The number of nitrogens with one attached hydrogen (secondary N) is 1. The maximum atomic E-state index is 5.15. The number of methoxy groups -OCH3 is 1. The molecule has 2 rings (SSSR count). The molecule has 0 aromatic carbocycles. The Balaban J connectivity index is 1.90. The molecule has 2 fully saturated rings. The number of hydrogen-bond donors (Lipinski definition) is 1. The quantitative estimate of drug-likeness (QED) is 0.609. The molecular weight excluding hydrogens is 126 g/mol. The second kappa shape index (κ2) is 2.51. The first-order chi connectivity index (χ1) is 4.90. The van der Waals surface area contributed by atoms with Crippen LogP contribution in [0, 0.1) is 11.8 Å². The Kier molecular flexibility index (Phi) is 1.66. The van der Waals surface area contributed by atoms with Gasteiger partial charge in [0.2, 0.25) is 0 Å². The zero-order valence-corrected chi connectivity index (χ0v) is 6.47. The molecule has 2 nitrogen and oxygen atoms in total. The van der Waals surface area contributed by atoms with E-state index in [1.165, 1.54) is 19.4 Å². The minimum absolute atomic E-state index is 0.824. The van der Waals surface area contributed by atoms with Gasteiger partial charge in [-0.15, -0.1) is 0 Å². The third-order valence-electron chi connectivity index (χ3n) is 2.89. The van der Waals surface area contributed by atoms with Gasteiger partial charge in [0.05, 0.1) is 0 Å². The summed E-state index contributed by atoms with van der Waals surface area (Å²) in [5, 5.41) is 3.49. The maximum Gasteiger partial charge on any atom is 0.0494 e. The van der Waals surface area contributed by atoms with Crippen LogP contribution in [0.15, 0.2) is 0 Å². The highest BCUT2D eigenvalue weighted by Crippen LogP contribution is 2.36. The fourth-order valence-electron chi connectivity index (χ4n) is 2.36. The number of ether oxygens (including phenoxy) is 1. The molecule has 0 aromatic rings. The van der Waals surface area contributed by atoms with Gasteiger partial charge in [0.15, 0.2) is 0 Å². The van der Waals surface area contributed by atoms with Crippen LogP contribution in [0.1, 0.15) is 12.8 Å². The lowest BCUT2D eigenvalue weighted by Gasteiger charge is -2.20. The van der Waals surface area contributed by atoms with E-state index in [-0.39, 0.29) is 0 Å². The predicted molar refractivity (Wildman–Crippen MR) is 39.9 cm³/mol. The standard InChI is InChI=1S/C8H15NO/c1-10-5-7-3-8-2-6(7)4-9-8/h6-9H,2-5H2,1H3. The van der Waals surface area contributed by atoms with Crippen LogP contribution in [0.3, 0.4) is 0 Å². The highest BCUT2D eigenvalue weighted by Gasteiger charge is 2.38. The van der Waals surface area contributed by atoms with Gasteiger partial charge in [-0.3, -0.25) is 0 Å². The van der Waals surface area contributed by atoms with Gasteiger partial charge in [-0.25, -0.2) is 0 Å². The fourth-order valence-corrected chi connectivity index (χ4v) is 2.36. The number of piperidine rings is 1. The van der Waals surface area contributed by atoms with Crippen molar-refractivity contribution in [3.63, 3.8) is 0 Å². The van der Waals surface area contributed by atoms with E-state index in [4.69, 9.17) is 4.74 Å². The van der Waals surface area contributed by atoms with E-state index in [0.717, 1.165) is 24.5 Å². The van der Waals surface area contributed by atoms with Crippen molar-refractivity contribution >= 4 is 0 Å². The van der Waals surface area contributed by atoms with Crippen LogP contribution in [0.25, 0.3) is 0 Å². The van der Waals surface area contributed by atoms with Gasteiger partial charge >= 0.3 is 0 Å². The average molecular weight is 141 g/mol.